The molecular weight excluding hydrogens is 280 g/mol. The molecule has 1 heteroatoms. The lowest BCUT2D eigenvalue weighted by molar-refractivity contribution is 0.304. The smallest absolute Gasteiger partial charge is 0.119 e. The van der Waals surface area contributed by atoms with E-state index in [2.05, 4.69) is 38.1 Å². The van der Waals surface area contributed by atoms with E-state index in [1.165, 1.54) is 82.6 Å². The largest absolute Gasteiger partial charge is 0.494 e. The predicted octanol–water partition coefficient (Wildman–Crippen LogP) is 7.33. The van der Waals surface area contributed by atoms with Crippen molar-refractivity contribution in [2.45, 2.75) is 97.3 Å². The molecular formula is C22H38O. The second kappa shape index (κ2) is 14.6. The number of rotatable bonds is 15. The number of benzene rings is 1. The zero-order valence-corrected chi connectivity index (χ0v) is 15.6. The second-order valence-corrected chi connectivity index (χ2v) is 6.74. The molecule has 0 aliphatic carbocycles. The first kappa shape index (κ1) is 20.1. The first-order chi connectivity index (χ1) is 11.4. The van der Waals surface area contributed by atoms with Gasteiger partial charge in [0.25, 0.3) is 0 Å². The Labute approximate surface area is 144 Å². The third-order valence-electron chi connectivity index (χ3n) is 4.60. The van der Waals surface area contributed by atoms with Crippen LogP contribution in [0.2, 0.25) is 0 Å². The molecule has 0 aliphatic heterocycles. The summed E-state index contributed by atoms with van der Waals surface area (Å²) in [5.74, 6) is 1.02. The molecule has 0 atom stereocenters. The minimum absolute atomic E-state index is 0.864. The Hall–Kier alpha value is -0.980. The van der Waals surface area contributed by atoms with Gasteiger partial charge in [-0.3, -0.25) is 0 Å². The lowest BCUT2D eigenvalue weighted by Crippen LogP contribution is -1.97. The van der Waals surface area contributed by atoms with Crippen LogP contribution in [-0.2, 0) is 6.42 Å². The summed E-state index contributed by atoms with van der Waals surface area (Å²) in [4.78, 5) is 0. The maximum absolute atomic E-state index is 5.80. The third kappa shape index (κ3) is 11.2. The van der Waals surface area contributed by atoms with Gasteiger partial charge in [-0.25, -0.2) is 0 Å². The highest BCUT2D eigenvalue weighted by molar-refractivity contribution is 5.27. The summed E-state index contributed by atoms with van der Waals surface area (Å²) in [7, 11) is 0. The first-order valence-corrected chi connectivity index (χ1v) is 10.1. The van der Waals surface area contributed by atoms with Crippen molar-refractivity contribution in [1.82, 2.24) is 0 Å². The lowest BCUT2D eigenvalue weighted by atomic mass is 10.1. The van der Waals surface area contributed by atoms with E-state index in [1.807, 2.05) is 0 Å². The zero-order valence-electron chi connectivity index (χ0n) is 15.6. The molecule has 0 aromatic heterocycles. The van der Waals surface area contributed by atoms with Crippen molar-refractivity contribution in [3.05, 3.63) is 29.8 Å². The molecule has 1 aromatic rings. The Morgan fingerprint density at radius 2 is 1.09 bits per heavy atom. The normalized spacial score (nSPS) is 10.9. The molecule has 0 unspecified atom stereocenters. The van der Waals surface area contributed by atoms with Gasteiger partial charge in [0.15, 0.2) is 0 Å². The van der Waals surface area contributed by atoms with E-state index >= 15 is 0 Å². The van der Waals surface area contributed by atoms with Gasteiger partial charge in [0, 0.05) is 0 Å². The van der Waals surface area contributed by atoms with Crippen LogP contribution in [0.3, 0.4) is 0 Å². The van der Waals surface area contributed by atoms with Crippen LogP contribution in [-0.4, -0.2) is 6.61 Å². The summed E-state index contributed by atoms with van der Waals surface area (Å²) < 4.78 is 5.80. The van der Waals surface area contributed by atoms with E-state index in [4.69, 9.17) is 4.74 Å². The first-order valence-electron chi connectivity index (χ1n) is 10.1. The fraction of sp³-hybridized carbons (Fsp3) is 0.727. The fourth-order valence-electron chi connectivity index (χ4n) is 2.95. The van der Waals surface area contributed by atoms with Gasteiger partial charge in [0.1, 0.15) is 5.75 Å². The fourth-order valence-corrected chi connectivity index (χ4v) is 2.95. The van der Waals surface area contributed by atoms with Crippen molar-refractivity contribution in [3.8, 4) is 5.75 Å². The van der Waals surface area contributed by atoms with E-state index < -0.39 is 0 Å². The zero-order chi connectivity index (χ0) is 16.6. The molecule has 0 radical (unpaired) electrons. The summed E-state index contributed by atoms with van der Waals surface area (Å²) >= 11 is 0. The molecule has 0 heterocycles. The molecule has 0 amide bonds. The van der Waals surface area contributed by atoms with Crippen molar-refractivity contribution in [2.75, 3.05) is 6.61 Å². The maximum Gasteiger partial charge on any atom is 0.119 e. The third-order valence-corrected chi connectivity index (χ3v) is 4.60. The van der Waals surface area contributed by atoms with Crippen LogP contribution in [0.1, 0.15) is 96.5 Å². The summed E-state index contributed by atoms with van der Waals surface area (Å²) in [6.07, 6.45) is 17.8. The van der Waals surface area contributed by atoms with Crippen LogP contribution in [0.25, 0.3) is 0 Å². The SMILES string of the molecule is CCCCCCCCCCCCCCOc1ccc(CC)cc1. The molecule has 0 saturated heterocycles. The van der Waals surface area contributed by atoms with E-state index in [9.17, 15) is 0 Å². The molecule has 0 fully saturated rings. The van der Waals surface area contributed by atoms with Gasteiger partial charge in [0.05, 0.1) is 6.61 Å². The van der Waals surface area contributed by atoms with Gasteiger partial charge >= 0.3 is 0 Å². The van der Waals surface area contributed by atoms with Crippen LogP contribution < -0.4 is 4.74 Å². The van der Waals surface area contributed by atoms with Crippen LogP contribution >= 0.6 is 0 Å². The van der Waals surface area contributed by atoms with Crippen LogP contribution in [0.4, 0.5) is 0 Å². The molecule has 0 N–H and O–H groups in total. The van der Waals surface area contributed by atoms with Gasteiger partial charge in [0.2, 0.25) is 0 Å². The average Bonchev–Trinajstić information content (AvgIpc) is 2.59. The Morgan fingerprint density at radius 3 is 1.57 bits per heavy atom. The van der Waals surface area contributed by atoms with E-state index in [0.717, 1.165) is 18.8 Å². The molecule has 23 heavy (non-hydrogen) atoms. The molecule has 1 aromatic carbocycles. The minimum atomic E-state index is 0.864. The van der Waals surface area contributed by atoms with Gasteiger partial charge in [-0.2, -0.15) is 0 Å². The molecule has 132 valence electrons. The molecule has 1 nitrogen and oxygen atoms in total. The Morgan fingerprint density at radius 1 is 0.609 bits per heavy atom. The quantitative estimate of drug-likeness (QED) is 0.308. The van der Waals surface area contributed by atoms with Crippen molar-refractivity contribution in [3.63, 3.8) is 0 Å². The van der Waals surface area contributed by atoms with E-state index in [-0.39, 0.29) is 0 Å². The topological polar surface area (TPSA) is 9.23 Å². The van der Waals surface area contributed by atoms with E-state index in [1.54, 1.807) is 0 Å². The second-order valence-electron chi connectivity index (χ2n) is 6.74. The maximum atomic E-state index is 5.80. The molecule has 0 saturated carbocycles. The highest BCUT2D eigenvalue weighted by Gasteiger charge is 1.96. The highest BCUT2D eigenvalue weighted by atomic mass is 16.5. The number of unbranched alkanes of at least 4 members (excludes halogenated alkanes) is 11. The Kier molecular flexibility index (Phi) is 12.7. The summed E-state index contributed by atoms with van der Waals surface area (Å²) in [5.41, 5.74) is 1.38. The minimum Gasteiger partial charge on any atom is -0.494 e. The molecule has 1 rings (SSSR count). The lowest BCUT2D eigenvalue weighted by Gasteiger charge is -2.07. The Bertz CT molecular complexity index is 355. The highest BCUT2D eigenvalue weighted by Crippen LogP contribution is 2.14. The van der Waals surface area contributed by atoms with Crippen LogP contribution in [0.5, 0.6) is 5.75 Å². The predicted molar refractivity (Wildman–Crippen MR) is 102 cm³/mol. The summed E-state index contributed by atoms with van der Waals surface area (Å²) in [6.45, 7) is 5.33. The Balaban J connectivity index is 1.82. The van der Waals surface area contributed by atoms with Crippen molar-refractivity contribution < 1.29 is 4.74 Å². The molecule has 0 spiro atoms. The number of hydrogen-bond acceptors (Lipinski definition) is 1. The molecule has 0 bridgehead atoms. The van der Waals surface area contributed by atoms with Gasteiger partial charge in [-0.1, -0.05) is 96.6 Å². The van der Waals surface area contributed by atoms with E-state index in [0.29, 0.717) is 0 Å². The van der Waals surface area contributed by atoms with Crippen molar-refractivity contribution in [2.24, 2.45) is 0 Å². The van der Waals surface area contributed by atoms with Crippen molar-refractivity contribution in [1.29, 1.82) is 0 Å². The standard InChI is InChI=1S/C22H38O/c1-3-5-6-7-8-9-10-11-12-13-14-15-20-23-22-18-16-21(4-2)17-19-22/h16-19H,3-15,20H2,1-2H3. The van der Waals surface area contributed by atoms with Gasteiger partial charge in [-0.05, 0) is 30.5 Å². The average molecular weight is 319 g/mol. The number of ether oxygens (including phenoxy) is 1. The number of hydrogen-bond donors (Lipinski definition) is 0. The monoisotopic (exact) mass is 318 g/mol. The van der Waals surface area contributed by atoms with Crippen LogP contribution in [0, 0.1) is 0 Å². The number of aryl methyl sites for hydroxylation is 1. The molecule has 0 aliphatic rings. The van der Waals surface area contributed by atoms with Crippen LogP contribution in [0.15, 0.2) is 24.3 Å². The summed E-state index contributed by atoms with van der Waals surface area (Å²) in [5, 5.41) is 0. The summed E-state index contributed by atoms with van der Waals surface area (Å²) in [6, 6.07) is 8.52. The van der Waals surface area contributed by atoms with Crippen molar-refractivity contribution >= 4 is 0 Å². The van der Waals surface area contributed by atoms with Gasteiger partial charge < -0.3 is 4.74 Å². The van der Waals surface area contributed by atoms with Gasteiger partial charge in [-0.15, -0.1) is 0 Å².